The lowest BCUT2D eigenvalue weighted by atomic mass is 10.1. The average Bonchev–Trinajstić information content (AvgIpc) is 2.59. The van der Waals surface area contributed by atoms with Crippen LogP contribution in [0.4, 0.5) is 0 Å². The van der Waals surface area contributed by atoms with Crippen LogP contribution in [-0.2, 0) is 0 Å². The van der Waals surface area contributed by atoms with Gasteiger partial charge in [-0.2, -0.15) is 0 Å². The van der Waals surface area contributed by atoms with Gasteiger partial charge in [-0.25, -0.2) is 9.18 Å². The summed E-state index contributed by atoms with van der Waals surface area (Å²) in [6.07, 6.45) is -1.97. The van der Waals surface area contributed by atoms with Crippen LogP contribution in [0.15, 0.2) is 34.5 Å². The molecule has 0 saturated carbocycles. The van der Waals surface area contributed by atoms with Gasteiger partial charge in [-0.1, -0.05) is 34.5 Å². The van der Waals surface area contributed by atoms with Gasteiger partial charge in [-0.15, -0.1) is 0 Å². The third kappa shape index (κ3) is 7.89. The Kier molecular flexibility index (Phi) is 8.48. The summed E-state index contributed by atoms with van der Waals surface area (Å²) in [6.45, 7) is -0.694. The molecule has 0 radical (unpaired) electrons. The number of aliphatic hydroxyl groups excluding tert-OH is 4. The number of hydrogen-bond donors (Lipinski definition) is 4. The van der Waals surface area contributed by atoms with Crippen molar-refractivity contribution < 1.29 is 39.8 Å². The summed E-state index contributed by atoms with van der Waals surface area (Å²) in [7, 11) is 6.48. The van der Waals surface area contributed by atoms with E-state index in [-0.39, 0.29) is 33.4 Å². The van der Waals surface area contributed by atoms with E-state index in [9.17, 15) is 20.4 Å². The highest BCUT2D eigenvalue weighted by Gasteiger charge is 2.21. The maximum Gasteiger partial charge on any atom is 0.131 e. The molecule has 2 atom stereocenters. The summed E-state index contributed by atoms with van der Waals surface area (Å²) in [6, 6.07) is 5.83. The summed E-state index contributed by atoms with van der Waals surface area (Å²) in [4.78, 5) is 0. The van der Waals surface area contributed by atoms with Gasteiger partial charge in [0.25, 0.3) is 0 Å². The fourth-order valence-corrected chi connectivity index (χ4v) is 2.59. The maximum atomic E-state index is 12.3. The molecule has 0 bridgehead atoms. The van der Waals surface area contributed by atoms with E-state index in [0.717, 1.165) is 0 Å². The zero-order valence-electron chi connectivity index (χ0n) is 16.7. The first-order chi connectivity index (χ1) is 12.9. The number of likely N-dealkylation sites (N-methyl/N-ethyl adjacent to an activating group) is 2. The van der Waals surface area contributed by atoms with Gasteiger partial charge in [-0.05, 0) is 11.1 Å². The van der Waals surface area contributed by atoms with Crippen molar-refractivity contribution in [3.05, 3.63) is 35.4 Å². The zero-order chi connectivity index (χ0) is 21.5. The van der Waals surface area contributed by atoms with Crippen LogP contribution in [0.1, 0.15) is 11.1 Å². The molecular formula is C18H30N4O6. The molecule has 1 aromatic carbocycles. The van der Waals surface area contributed by atoms with Crippen LogP contribution in [0.5, 0.6) is 0 Å². The molecule has 0 aliphatic carbocycles. The quantitative estimate of drug-likeness (QED) is 0.139. The highest BCUT2D eigenvalue weighted by molar-refractivity contribution is 5.94. The van der Waals surface area contributed by atoms with Gasteiger partial charge in [0.2, 0.25) is 0 Å². The fourth-order valence-electron chi connectivity index (χ4n) is 2.59. The van der Waals surface area contributed by atoms with Crippen molar-refractivity contribution in [2.24, 2.45) is 10.2 Å². The number of aliphatic hydroxyl groups is 4. The molecule has 0 aliphatic rings. The van der Waals surface area contributed by atoms with Crippen molar-refractivity contribution in [3.63, 3.8) is 0 Å². The van der Waals surface area contributed by atoms with Crippen LogP contribution in [0.3, 0.4) is 0 Å². The fraction of sp³-hybridized carbons (Fsp3) is 0.556. The van der Waals surface area contributed by atoms with Crippen LogP contribution in [0.25, 0.3) is 0 Å². The molecule has 10 nitrogen and oxygen atoms in total. The molecule has 0 saturated heterocycles. The molecule has 0 amide bonds. The van der Waals surface area contributed by atoms with Crippen molar-refractivity contribution in [1.29, 1.82) is 0 Å². The third-order valence-corrected chi connectivity index (χ3v) is 3.84. The zero-order valence-corrected chi connectivity index (χ0v) is 16.7. The Morgan fingerprint density at radius 1 is 0.786 bits per heavy atom. The Morgan fingerprint density at radius 3 is 1.32 bits per heavy atom. The lowest BCUT2D eigenvalue weighted by Crippen LogP contribution is -2.44. The minimum Gasteiger partial charge on any atom is -0.855 e. The SMILES string of the molecule is C[N+](C)(C[C@H](O)CO)N=C([O-])c1ccc(C([O-])=N[N+](C)(C)C[C@@H](O)CO)cc1. The van der Waals surface area contributed by atoms with Gasteiger partial charge in [0.05, 0.1) is 53.2 Å². The standard InChI is InChI=1S/C18H30N4O6/c1-21(2,9-15(25)11-23)19-17(27)13-5-7-14(8-6-13)18(28)20-22(3,4)10-16(26)12-24/h5-8,15-16,23-26H,9-12H2,1-4H3/t15-,16+. The molecular weight excluding hydrogens is 368 g/mol. The largest absolute Gasteiger partial charge is 0.855 e. The van der Waals surface area contributed by atoms with E-state index >= 15 is 0 Å². The lowest BCUT2D eigenvalue weighted by Gasteiger charge is -2.27. The Hall–Kier alpha value is -2.08. The van der Waals surface area contributed by atoms with E-state index in [1.807, 2.05) is 0 Å². The minimum absolute atomic E-state index is 0.0738. The van der Waals surface area contributed by atoms with E-state index in [1.54, 1.807) is 28.2 Å². The molecule has 1 aromatic rings. The predicted octanol–water partition coefficient (Wildman–Crippen LogP) is -3.41. The van der Waals surface area contributed by atoms with Gasteiger partial charge < -0.3 is 30.6 Å². The molecule has 28 heavy (non-hydrogen) atoms. The Bertz CT molecular complexity index is 629. The lowest BCUT2D eigenvalue weighted by molar-refractivity contribution is -0.901. The van der Waals surface area contributed by atoms with Crippen LogP contribution >= 0.6 is 0 Å². The van der Waals surface area contributed by atoms with Crippen LogP contribution < -0.4 is 10.2 Å². The van der Waals surface area contributed by atoms with Crippen LogP contribution in [0, 0.1) is 0 Å². The predicted molar refractivity (Wildman–Crippen MR) is 99.7 cm³/mol. The third-order valence-electron chi connectivity index (χ3n) is 3.84. The molecule has 10 heteroatoms. The van der Waals surface area contributed by atoms with Gasteiger partial charge in [0, 0.05) is 0 Å². The minimum atomic E-state index is -0.987. The summed E-state index contributed by atoms with van der Waals surface area (Å²) in [5.41, 5.74) is 0.538. The van der Waals surface area contributed by atoms with Crippen molar-refractivity contribution in [2.75, 3.05) is 54.5 Å². The summed E-state index contributed by atoms with van der Waals surface area (Å²) in [5.74, 6) is -1.04. The Labute approximate surface area is 164 Å². The second kappa shape index (κ2) is 9.92. The summed E-state index contributed by atoms with van der Waals surface area (Å²) in [5, 5.41) is 69.5. The molecule has 0 fully saturated rings. The Morgan fingerprint density at radius 2 is 1.07 bits per heavy atom. The smallest absolute Gasteiger partial charge is 0.131 e. The van der Waals surface area contributed by atoms with Crippen molar-refractivity contribution in [1.82, 2.24) is 0 Å². The molecule has 0 unspecified atom stereocenters. The molecule has 0 spiro atoms. The van der Waals surface area contributed by atoms with Crippen LogP contribution in [-0.4, -0.2) is 108 Å². The van der Waals surface area contributed by atoms with E-state index in [2.05, 4.69) is 10.2 Å². The van der Waals surface area contributed by atoms with Gasteiger partial charge >= 0.3 is 0 Å². The van der Waals surface area contributed by atoms with E-state index in [1.165, 1.54) is 24.3 Å². The molecule has 0 heterocycles. The van der Waals surface area contributed by atoms with Crippen LogP contribution in [0.2, 0.25) is 0 Å². The first kappa shape index (κ1) is 24.0. The highest BCUT2D eigenvalue weighted by Crippen LogP contribution is 2.09. The Balaban J connectivity index is 2.95. The number of rotatable bonds is 10. The first-order valence-corrected chi connectivity index (χ1v) is 8.78. The highest BCUT2D eigenvalue weighted by atomic mass is 16.3. The molecule has 0 aromatic heterocycles. The normalized spacial score (nSPS) is 16.1. The molecule has 158 valence electrons. The second-order valence-electron chi connectivity index (χ2n) is 7.67. The summed E-state index contributed by atoms with van der Waals surface area (Å²) >= 11 is 0. The van der Waals surface area contributed by atoms with Crippen molar-refractivity contribution in [2.45, 2.75) is 12.2 Å². The molecule has 0 aliphatic heterocycles. The topological polar surface area (TPSA) is 152 Å². The van der Waals surface area contributed by atoms with E-state index in [0.29, 0.717) is 0 Å². The number of benzene rings is 1. The van der Waals surface area contributed by atoms with Gasteiger partial charge in [0.1, 0.15) is 25.3 Å². The van der Waals surface area contributed by atoms with E-state index < -0.39 is 37.2 Å². The number of nitrogens with zero attached hydrogens (tertiary/aromatic N) is 4. The molecule has 1 rings (SSSR count). The average molecular weight is 398 g/mol. The van der Waals surface area contributed by atoms with E-state index in [4.69, 9.17) is 10.2 Å². The monoisotopic (exact) mass is 398 g/mol. The number of hydrogen-bond acceptors (Lipinski definition) is 8. The van der Waals surface area contributed by atoms with Crippen molar-refractivity contribution in [3.8, 4) is 0 Å². The first-order valence-electron chi connectivity index (χ1n) is 8.78. The second-order valence-corrected chi connectivity index (χ2v) is 7.67. The van der Waals surface area contributed by atoms with Crippen molar-refractivity contribution >= 4 is 11.8 Å². The van der Waals surface area contributed by atoms with Gasteiger partial charge in [-0.3, -0.25) is 0 Å². The maximum absolute atomic E-state index is 12.3. The molecule has 4 N–H and O–H groups in total. The number of quaternary nitrogens is 2. The summed E-state index contributed by atoms with van der Waals surface area (Å²) < 4.78 is -0.315. The van der Waals surface area contributed by atoms with Gasteiger partial charge in [0.15, 0.2) is 0 Å².